The predicted molar refractivity (Wildman–Crippen MR) is 64.7 cm³/mol. The highest BCUT2D eigenvalue weighted by molar-refractivity contribution is 9.10. The third-order valence-corrected chi connectivity index (χ3v) is 2.84. The Morgan fingerprint density at radius 2 is 2.12 bits per heavy atom. The van der Waals surface area contributed by atoms with Crippen molar-refractivity contribution >= 4 is 32.8 Å². The van der Waals surface area contributed by atoms with Gasteiger partial charge in [-0.05, 0) is 36.7 Å². The smallest absolute Gasteiger partial charge is 0.274 e. The van der Waals surface area contributed by atoms with Crippen LogP contribution < -0.4 is 4.74 Å². The molecule has 1 atom stereocenters. The van der Waals surface area contributed by atoms with E-state index < -0.39 is 17.3 Å². The highest BCUT2D eigenvalue weighted by Gasteiger charge is 2.30. The Balaban J connectivity index is 3.11. The first-order valence-electron chi connectivity index (χ1n) is 4.75. The van der Waals surface area contributed by atoms with Crippen LogP contribution in [0.3, 0.4) is 0 Å². The van der Waals surface area contributed by atoms with E-state index in [0.29, 0.717) is 4.47 Å². The summed E-state index contributed by atoms with van der Waals surface area (Å²) >= 11 is 8.32. The molecular weight excluding hydrogens is 317 g/mol. The second-order valence-electron chi connectivity index (χ2n) is 3.59. The Labute approximate surface area is 111 Å². The maximum absolute atomic E-state index is 13.3. The molecule has 6 heteroatoms. The van der Waals surface area contributed by atoms with Gasteiger partial charge in [0.1, 0.15) is 5.75 Å². The Morgan fingerprint density at radius 3 is 2.59 bits per heavy atom. The first-order valence-corrected chi connectivity index (χ1v) is 5.92. The Morgan fingerprint density at radius 1 is 1.53 bits per heavy atom. The highest BCUT2D eigenvalue weighted by atomic mass is 79.9. The molecule has 0 spiro atoms. The van der Waals surface area contributed by atoms with E-state index in [4.69, 9.17) is 16.3 Å². The first kappa shape index (κ1) is 14.4. The molecule has 0 amide bonds. The molecule has 17 heavy (non-hydrogen) atoms. The lowest BCUT2D eigenvalue weighted by Crippen LogP contribution is -2.21. The molecule has 0 aliphatic heterocycles. The van der Waals surface area contributed by atoms with Crippen molar-refractivity contribution in [3.05, 3.63) is 28.2 Å². The molecule has 1 aromatic carbocycles. The van der Waals surface area contributed by atoms with Crippen molar-refractivity contribution in [3.63, 3.8) is 0 Å². The summed E-state index contributed by atoms with van der Waals surface area (Å²) in [5, 5.41) is -0.738. The molecule has 0 fully saturated rings. The van der Waals surface area contributed by atoms with Gasteiger partial charge >= 0.3 is 0 Å². The summed E-state index contributed by atoms with van der Waals surface area (Å²) in [5.74, 6) is -3.11. The van der Waals surface area contributed by atoms with Gasteiger partial charge in [0.05, 0.1) is 5.56 Å². The van der Waals surface area contributed by atoms with Gasteiger partial charge in [-0.25, -0.2) is 8.78 Å². The van der Waals surface area contributed by atoms with Gasteiger partial charge in [0.15, 0.2) is 6.10 Å². The van der Waals surface area contributed by atoms with Gasteiger partial charge in [0.25, 0.3) is 11.2 Å². The second kappa shape index (κ2) is 5.31. The van der Waals surface area contributed by atoms with Crippen LogP contribution >= 0.6 is 27.5 Å². The third-order valence-electron chi connectivity index (χ3n) is 2.04. The molecule has 0 unspecified atom stereocenters. The van der Waals surface area contributed by atoms with Crippen LogP contribution in [0.5, 0.6) is 5.75 Å². The summed E-state index contributed by atoms with van der Waals surface area (Å²) in [6.07, 6.45) is -0.973. The molecule has 1 rings (SSSR count). The van der Waals surface area contributed by atoms with E-state index >= 15 is 0 Å². The largest absolute Gasteiger partial charge is 0.481 e. The van der Waals surface area contributed by atoms with Crippen LogP contribution in [0.25, 0.3) is 0 Å². The summed E-state index contributed by atoms with van der Waals surface area (Å²) in [6, 6.07) is 4.17. The van der Waals surface area contributed by atoms with Crippen LogP contribution in [0.4, 0.5) is 8.78 Å². The monoisotopic (exact) mass is 326 g/mol. The van der Waals surface area contributed by atoms with Crippen molar-refractivity contribution < 1.29 is 18.3 Å². The van der Waals surface area contributed by atoms with Crippen molar-refractivity contribution in [1.82, 2.24) is 0 Å². The summed E-state index contributed by atoms with van der Waals surface area (Å²) in [5.41, 5.74) is -0.295. The fraction of sp³-hybridized carbons (Fsp3) is 0.364. The van der Waals surface area contributed by atoms with Crippen molar-refractivity contribution in [2.45, 2.75) is 25.9 Å². The quantitative estimate of drug-likeness (QED) is 0.779. The average Bonchev–Trinajstić information content (AvgIpc) is 2.18. The molecule has 0 saturated carbocycles. The summed E-state index contributed by atoms with van der Waals surface area (Å²) in [4.78, 5) is 10.8. The molecule has 1 aromatic rings. The molecular formula is C11H10BrClF2O2. The number of hydrogen-bond acceptors (Lipinski definition) is 2. The predicted octanol–water partition coefficient (Wildman–Crippen LogP) is 4.09. The second-order valence-corrected chi connectivity index (χ2v) is 4.88. The summed E-state index contributed by atoms with van der Waals surface area (Å²) < 4.78 is 32.3. The molecule has 0 aliphatic carbocycles. The number of carbonyl (C=O) groups is 1. The van der Waals surface area contributed by atoms with Crippen LogP contribution in [0.1, 0.15) is 19.4 Å². The molecule has 94 valence electrons. The molecule has 0 aliphatic rings. The van der Waals surface area contributed by atoms with Crippen LogP contribution in [-0.4, -0.2) is 11.3 Å². The number of ether oxygens (including phenoxy) is 1. The molecule has 0 radical (unpaired) electrons. The molecule has 0 bridgehead atoms. The topological polar surface area (TPSA) is 26.3 Å². The van der Waals surface area contributed by atoms with Gasteiger partial charge in [0.2, 0.25) is 0 Å². The number of benzene rings is 1. The molecule has 0 saturated heterocycles. The lowest BCUT2D eigenvalue weighted by molar-refractivity contribution is -0.117. The van der Waals surface area contributed by atoms with E-state index in [2.05, 4.69) is 15.9 Å². The maximum atomic E-state index is 13.3. The van der Waals surface area contributed by atoms with Crippen LogP contribution in [0.2, 0.25) is 0 Å². The number of halogens is 4. The standard InChI is InChI=1S/C11H10BrClF2O2/c1-6(10(13)16)17-9-4-3-7(12)5-8(9)11(2,14)15/h3-6H,1-2H3/t6-/m0/s1. The number of alkyl halides is 2. The molecule has 0 heterocycles. The zero-order chi connectivity index (χ0) is 13.2. The SMILES string of the molecule is C[C@H](Oc1ccc(Br)cc1C(C)(F)F)C(=O)Cl. The van der Waals surface area contributed by atoms with Crippen LogP contribution in [-0.2, 0) is 10.7 Å². The van der Waals surface area contributed by atoms with Crippen LogP contribution in [0, 0.1) is 0 Å². The molecule has 2 nitrogen and oxygen atoms in total. The van der Waals surface area contributed by atoms with E-state index in [0.717, 1.165) is 6.92 Å². The zero-order valence-electron chi connectivity index (χ0n) is 9.14. The Bertz CT molecular complexity index is 432. The fourth-order valence-electron chi connectivity index (χ4n) is 1.18. The minimum Gasteiger partial charge on any atom is -0.481 e. The van der Waals surface area contributed by atoms with E-state index in [1.54, 1.807) is 6.07 Å². The number of hydrogen-bond donors (Lipinski definition) is 0. The number of carbonyl (C=O) groups excluding carboxylic acids is 1. The van der Waals surface area contributed by atoms with Crippen molar-refractivity contribution in [1.29, 1.82) is 0 Å². The van der Waals surface area contributed by atoms with Gasteiger partial charge < -0.3 is 4.74 Å². The highest BCUT2D eigenvalue weighted by Crippen LogP contribution is 2.36. The first-order chi connectivity index (χ1) is 7.71. The minimum absolute atomic E-state index is 0.0535. The zero-order valence-corrected chi connectivity index (χ0v) is 11.5. The van der Waals surface area contributed by atoms with Crippen molar-refractivity contribution in [3.8, 4) is 5.75 Å². The lowest BCUT2D eigenvalue weighted by Gasteiger charge is -2.18. The van der Waals surface area contributed by atoms with E-state index in [9.17, 15) is 13.6 Å². The Hall–Kier alpha value is -0.680. The molecule has 0 N–H and O–H groups in total. The lowest BCUT2D eigenvalue weighted by atomic mass is 10.1. The van der Waals surface area contributed by atoms with Gasteiger partial charge in [-0.3, -0.25) is 4.79 Å². The van der Waals surface area contributed by atoms with Crippen LogP contribution in [0.15, 0.2) is 22.7 Å². The third kappa shape index (κ3) is 3.92. The van der Waals surface area contributed by atoms with Gasteiger partial charge in [-0.15, -0.1) is 0 Å². The Kier molecular flexibility index (Phi) is 4.49. The van der Waals surface area contributed by atoms with E-state index in [-0.39, 0.29) is 11.3 Å². The van der Waals surface area contributed by atoms with Gasteiger partial charge in [-0.1, -0.05) is 15.9 Å². The van der Waals surface area contributed by atoms with Crippen molar-refractivity contribution in [2.24, 2.45) is 0 Å². The normalized spacial score (nSPS) is 13.3. The van der Waals surface area contributed by atoms with E-state index in [1.807, 2.05) is 0 Å². The minimum atomic E-state index is -3.06. The average molecular weight is 328 g/mol. The summed E-state index contributed by atoms with van der Waals surface area (Å²) in [6.45, 7) is 2.16. The van der Waals surface area contributed by atoms with Gasteiger partial charge in [0, 0.05) is 11.4 Å². The van der Waals surface area contributed by atoms with Gasteiger partial charge in [-0.2, -0.15) is 0 Å². The molecule has 0 aromatic heterocycles. The maximum Gasteiger partial charge on any atom is 0.274 e. The number of rotatable bonds is 4. The fourth-order valence-corrected chi connectivity index (χ4v) is 1.59. The van der Waals surface area contributed by atoms with Crippen molar-refractivity contribution in [2.75, 3.05) is 0 Å². The summed E-state index contributed by atoms with van der Waals surface area (Å²) in [7, 11) is 0. The van der Waals surface area contributed by atoms with E-state index in [1.165, 1.54) is 19.1 Å².